The van der Waals surface area contributed by atoms with Gasteiger partial charge in [0.25, 0.3) is 0 Å². The third kappa shape index (κ3) is 9.73. The molecule has 0 heterocycles. The highest BCUT2D eigenvalue weighted by atomic mass is 32.2. The van der Waals surface area contributed by atoms with Gasteiger partial charge in [0.05, 0.1) is 0 Å². The number of carbonyl (C=O) groups excluding carboxylic acids is 1. The van der Waals surface area contributed by atoms with Crippen molar-refractivity contribution in [3.63, 3.8) is 0 Å². The molecule has 0 aliphatic rings. The molecule has 0 amide bonds. The van der Waals surface area contributed by atoms with Gasteiger partial charge < -0.3 is 0 Å². The molecule has 0 saturated heterocycles. The third-order valence-electron chi connectivity index (χ3n) is 3.76. The fourth-order valence-corrected chi connectivity index (χ4v) is 3.44. The van der Waals surface area contributed by atoms with Crippen molar-refractivity contribution in [2.24, 2.45) is 0 Å². The molecule has 0 fully saturated rings. The molecule has 1 rings (SSSR count). The second-order valence-electron chi connectivity index (χ2n) is 5.72. The molecule has 0 saturated carbocycles. The van der Waals surface area contributed by atoms with Gasteiger partial charge in [-0.2, -0.15) is 0 Å². The van der Waals surface area contributed by atoms with E-state index in [4.69, 9.17) is 0 Å². The maximum absolute atomic E-state index is 10.7. The number of carbonyl (C=O) groups is 1. The van der Waals surface area contributed by atoms with Crippen molar-refractivity contribution in [2.75, 3.05) is 5.75 Å². The number of hydrogen-bond donors (Lipinski definition) is 0. The summed E-state index contributed by atoms with van der Waals surface area (Å²) < 4.78 is 0. The topological polar surface area (TPSA) is 17.1 Å². The van der Waals surface area contributed by atoms with E-state index in [0.717, 1.165) is 11.8 Å². The van der Waals surface area contributed by atoms with E-state index in [2.05, 4.69) is 13.0 Å². The minimum Gasteiger partial charge on any atom is -0.298 e. The number of unbranched alkanes of at least 4 members (excludes halogenated alkanes) is 9. The molecule has 0 aliphatic heterocycles. The molecular weight excluding hydrogens is 276 g/mol. The largest absolute Gasteiger partial charge is 0.298 e. The lowest BCUT2D eigenvalue weighted by Crippen LogP contribution is -1.85. The maximum Gasteiger partial charge on any atom is 0.150 e. The van der Waals surface area contributed by atoms with Crippen LogP contribution in [-0.2, 0) is 0 Å². The van der Waals surface area contributed by atoms with Crippen molar-refractivity contribution in [1.82, 2.24) is 0 Å². The van der Waals surface area contributed by atoms with E-state index < -0.39 is 0 Å². The molecule has 0 aliphatic carbocycles. The first-order valence-corrected chi connectivity index (χ1v) is 9.53. The van der Waals surface area contributed by atoms with Gasteiger partial charge in [0.1, 0.15) is 6.29 Å². The highest BCUT2D eigenvalue weighted by molar-refractivity contribution is 7.99. The summed E-state index contributed by atoms with van der Waals surface area (Å²) >= 11 is 1.87. The first-order chi connectivity index (χ1) is 10.4. The zero-order valence-corrected chi connectivity index (χ0v) is 14.3. The van der Waals surface area contributed by atoms with Crippen LogP contribution in [0.25, 0.3) is 0 Å². The van der Waals surface area contributed by atoms with Crippen molar-refractivity contribution in [1.29, 1.82) is 0 Å². The minimum atomic E-state index is 0.781. The lowest BCUT2D eigenvalue weighted by atomic mass is 10.1. The number of thioether (sulfide) groups is 1. The van der Waals surface area contributed by atoms with E-state index >= 15 is 0 Å². The van der Waals surface area contributed by atoms with Gasteiger partial charge in [-0.25, -0.2) is 0 Å². The van der Waals surface area contributed by atoms with E-state index in [1.54, 1.807) is 0 Å². The number of hydrogen-bond acceptors (Lipinski definition) is 2. The van der Waals surface area contributed by atoms with Gasteiger partial charge in [-0.15, -0.1) is 11.8 Å². The molecule has 0 unspecified atom stereocenters. The summed E-state index contributed by atoms with van der Waals surface area (Å²) in [7, 11) is 0. The second kappa shape index (κ2) is 12.9. The van der Waals surface area contributed by atoms with Gasteiger partial charge in [0.2, 0.25) is 0 Å². The van der Waals surface area contributed by atoms with E-state index in [-0.39, 0.29) is 0 Å². The summed E-state index contributed by atoms with van der Waals surface area (Å²) in [6.45, 7) is 2.27. The van der Waals surface area contributed by atoms with Crippen LogP contribution in [0, 0.1) is 0 Å². The Hall–Kier alpha value is -0.760. The van der Waals surface area contributed by atoms with Crippen molar-refractivity contribution in [3.8, 4) is 0 Å². The molecule has 1 nitrogen and oxygen atoms in total. The summed E-state index contributed by atoms with van der Waals surface area (Å²) in [5.41, 5.74) is 0.781. The Morgan fingerprint density at radius 3 is 2.14 bits per heavy atom. The Labute approximate surface area is 134 Å². The molecule has 0 bridgehead atoms. The lowest BCUT2D eigenvalue weighted by molar-refractivity contribution is 0.112. The fraction of sp³-hybridized carbons (Fsp3) is 0.632. The van der Waals surface area contributed by atoms with E-state index in [0.29, 0.717) is 0 Å². The van der Waals surface area contributed by atoms with Crippen molar-refractivity contribution >= 4 is 18.0 Å². The van der Waals surface area contributed by atoms with E-state index in [1.165, 1.54) is 74.9 Å². The molecule has 1 aromatic rings. The van der Waals surface area contributed by atoms with Crippen LogP contribution in [0.15, 0.2) is 29.2 Å². The minimum absolute atomic E-state index is 0.781. The smallest absolute Gasteiger partial charge is 0.150 e. The SMILES string of the molecule is CCCCCCCCCCCCSc1cccc(C=O)c1. The molecule has 0 radical (unpaired) electrons. The van der Waals surface area contributed by atoms with Crippen LogP contribution in [0.5, 0.6) is 0 Å². The van der Waals surface area contributed by atoms with Crippen LogP contribution in [0.3, 0.4) is 0 Å². The highest BCUT2D eigenvalue weighted by Gasteiger charge is 1.97. The monoisotopic (exact) mass is 306 g/mol. The molecule has 21 heavy (non-hydrogen) atoms. The van der Waals surface area contributed by atoms with E-state index in [1.807, 2.05) is 30.0 Å². The first kappa shape index (κ1) is 18.3. The van der Waals surface area contributed by atoms with Crippen LogP contribution >= 0.6 is 11.8 Å². The van der Waals surface area contributed by atoms with Gasteiger partial charge in [-0.05, 0) is 24.3 Å². The van der Waals surface area contributed by atoms with Gasteiger partial charge >= 0.3 is 0 Å². The fourth-order valence-electron chi connectivity index (χ4n) is 2.46. The van der Waals surface area contributed by atoms with Gasteiger partial charge in [0, 0.05) is 10.5 Å². The summed E-state index contributed by atoms with van der Waals surface area (Å²) in [6, 6.07) is 7.89. The summed E-state index contributed by atoms with van der Waals surface area (Å²) in [6.07, 6.45) is 14.8. The average Bonchev–Trinajstić information content (AvgIpc) is 2.53. The predicted octanol–water partition coefficient (Wildman–Crippen LogP) is 6.51. The van der Waals surface area contributed by atoms with Crippen molar-refractivity contribution in [3.05, 3.63) is 29.8 Å². The zero-order valence-electron chi connectivity index (χ0n) is 13.5. The predicted molar refractivity (Wildman–Crippen MR) is 94.4 cm³/mol. The molecular formula is C19H30OS. The van der Waals surface area contributed by atoms with E-state index in [9.17, 15) is 4.79 Å². The second-order valence-corrected chi connectivity index (χ2v) is 6.89. The third-order valence-corrected chi connectivity index (χ3v) is 4.84. The molecule has 2 heteroatoms. The number of aldehydes is 1. The lowest BCUT2D eigenvalue weighted by Gasteiger charge is -2.03. The molecule has 118 valence electrons. The van der Waals surface area contributed by atoms with Crippen LogP contribution in [0.4, 0.5) is 0 Å². The summed E-state index contributed by atoms with van der Waals surface area (Å²) in [4.78, 5) is 11.9. The van der Waals surface area contributed by atoms with Crippen molar-refractivity contribution in [2.45, 2.75) is 76.0 Å². The average molecular weight is 307 g/mol. The Balaban J connectivity index is 1.91. The Kier molecular flexibility index (Phi) is 11.3. The van der Waals surface area contributed by atoms with Gasteiger partial charge in [0.15, 0.2) is 0 Å². The first-order valence-electron chi connectivity index (χ1n) is 8.55. The van der Waals surface area contributed by atoms with Crippen molar-refractivity contribution < 1.29 is 4.79 Å². The van der Waals surface area contributed by atoms with Crippen LogP contribution in [0.1, 0.15) is 81.5 Å². The molecule has 0 N–H and O–H groups in total. The Morgan fingerprint density at radius 1 is 0.905 bits per heavy atom. The quantitative estimate of drug-likeness (QED) is 0.235. The molecule has 0 spiro atoms. The van der Waals surface area contributed by atoms with Crippen LogP contribution in [-0.4, -0.2) is 12.0 Å². The molecule has 1 aromatic carbocycles. The number of benzene rings is 1. The molecule has 0 atom stereocenters. The normalized spacial score (nSPS) is 10.7. The summed E-state index contributed by atoms with van der Waals surface area (Å²) in [5.74, 6) is 1.17. The number of rotatable bonds is 13. The standard InChI is InChI=1S/C19H30OS/c1-2-3-4-5-6-7-8-9-10-11-15-21-19-14-12-13-18(16-19)17-20/h12-14,16-17H,2-11,15H2,1H3. The van der Waals surface area contributed by atoms with Crippen LogP contribution < -0.4 is 0 Å². The Morgan fingerprint density at radius 2 is 1.52 bits per heavy atom. The maximum atomic E-state index is 10.7. The summed E-state index contributed by atoms with van der Waals surface area (Å²) in [5, 5.41) is 0. The Bertz CT molecular complexity index is 376. The molecule has 0 aromatic heterocycles. The highest BCUT2D eigenvalue weighted by Crippen LogP contribution is 2.20. The van der Waals surface area contributed by atoms with Gasteiger partial charge in [-0.1, -0.05) is 76.8 Å². The van der Waals surface area contributed by atoms with Gasteiger partial charge in [-0.3, -0.25) is 4.79 Å². The zero-order chi connectivity index (χ0) is 15.2. The van der Waals surface area contributed by atoms with Crippen LogP contribution in [0.2, 0.25) is 0 Å².